The van der Waals surface area contributed by atoms with E-state index < -0.39 is 5.41 Å². The number of rotatable bonds is 6. The van der Waals surface area contributed by atoms with E-state index >= 15 is 0 Å². The predicted molar refractivity (Wildman–Crippen MR) is 510 cm³/mol. The summed E-state index contributed by atoms with van der Waals surface area (Å²) in [7, 11) is 0. The molecule has 3 aliphatic heterocycles. The van der Waals surface area contributed by atoms with Crippen LogP contribution in [0.15, 0.2) is 368 Å². The molecule has 3 aromatic heterocycles. The summed E-state index contributed by atoms with van der Waals surface area (Å²) in [6.45, 7) is 21.2. The van der Waals surface area contributed by atoms with Crippen LogP contribution in [0, 0.1) is 0 Å². The molecule has 0 N–H and O–H groups in total. The lowest BCUT2D eigenvalue weighted by Gasteiger charge is -2.47. The highest BCUT2D eigenvalue weighted by atomic mass is 16.3. The molecule has 6 heteroatoms. The van der Waals surface area contributed by atoms with Gasteiger partial charge < -0.3 is 23.4 Å². The Morgan fingerprint density at radius 3 is 0.858 bits per heavy atom. The van der Waals surface area contributed by atoms with E-state index in [1.54, 1.807) is 0 Å². The Labute approximate surface area is 701 Å². The number of hydrogen-bond acceptors (Lipinski definition) is 3. The van der Waals surface area contributed by atoms with Crippen LogP contribution in [0.3, 0.4) is 0 Å². The molecule has 0 radical (unpaired) electrons. The second kappa shape index (κ2) is 26.7. The molecule has 0 unspecified atom stereocenters. The van der Waals surface area contributed by atoms with Gasteiger partial charge in [-0.15, -0.1) is 0 Å². The Balaban J connectivity index is 0.935. The maximum absolute atomic E-state index is 6.88. The van der Waals surface area contributed by atoms with Crippen molar-refractivity contribution in [1.82, 2.24) is 9.13 Å². The van der Waals surface area contributed by atoms with Crippen molar-refractivity contribution in [1.29, 1.82) is 0 Å². The minimum Gasteiger partial charge on any atom is -0.456 e. The van der Waals surface area contributed by atoms with E-state index in [1.807, 2.05) is 0 Å². The van der Waals surface area contributed by atoms with Crippen LogP contribution in [0.2, 0.25) is 0 Å². The van der Waals surface area contributed by atoms with Gasteiger partial charge in [0.05, 0.1) is 33.4 Å². The average Bonchev–Trinajstić information content (AvgIpc) is 0.869. The summed E-state index contributed by atoms with van der Waals surface area (Å²) < 4.78 is 11.9. The van der Waals surface area contributed by atoms with Gasteiger partial charge in [0.1, 0.15) is 11.2 Å². The van der Waals surface area contributed by atoms with Gasteiger partial charge in [-0.2, -0.15) is 0 Å². The number of benzene rings is 17. The number of aromatic nitrogens is 2. The number of furan rings is 1. The Hall–Kier alpha value is -14.2. The summed E-state index contributed by atoms with van der Waals surface area (Å²) in [5.41, 5.74) is 39.5. The first-order chi connectivity index (χ1) is 58.4. The van der Waals surface area contributed by atoms with Gasteiger partial charge in [0.2, 0.25) is 0 Å². The molecule has 13 bridgehead atoms. The zero-order valence-corrected chi connectivity index (χ0v) is 68.9. The van der Waals surface area contributed by atoms with Gasteiger partial charge in [-0.1, -0.05) is 293 Å². The SMILES string of the molecule is CC(C)(C)c1cc(-c2cccc(-c3ccccc3)c2)c2c(c1)-c1cccc(c1)-c1ccc3oc4ccc(cc4c3c1)-c1cccc(c1)-c1cc(C(C)(C)C)cc(-c3cccc(-c4ccccc4)c3)c1N1c3cc(-n4c5ccccc5c5ccccc54)ccc3B3c4ccc(-n5c6ccccc6c6ccccc65)cc4N2c2cc(C(C)(C)C)cc1c23. The number of nitrogens with zero attached hydrogens (tertiary/aromatic N) is 4. The van der Waals surface area contributed by atoms with Crippen LogP contribution in [0.1, 0.15) is 79.0 Å². The van der Waals surface area contributed by atoms with Gasteiger partial charge in [0, 0.05) is 88.7 Å². The Morgan fingerprint density at radius 1 is 0.225 bits per heavy atom. The standard InChI is InChI=1S/C114H87BN4O/c1-112(2,3)82-62-91(78-36-24-32-72(56-78)70-28-12-10-13-29-70)110-93(64-82)80-38-26-34-74(58-80)76-48-54-107-95(60-76)96-61-77(49-55-108(96)120-107)75-35-27-39-81(59-75)94-65-83(113(4,5)6)63-92(79-37-25-33-73(57-79)71-30-14-11-15-31-71)111(94)119-104-69-86(117-101-46-22-18-42-89(101)90-43-19-23-47-102(90)117)51-53-98(104)115-97-52-50-85(116-99-44-20-16-40-87(99)88-41-17-21-45-100(88)116)68-103(97)118(110)105-66-84(114(7,8)9)67-106(119)109(105)115/h10-69H,1-9H3. The molecule has 0 fully saturated rings. The molecule has 0 saturated carbocycles. The minimum absolute atomic E-state index is 0.299. The maximum Gasteiger partial charge on any atom is 0.252 e. The second-order valence-corrected chi connectivity index (χ2v) is 36.4. The summed E-state index contributed by atoms with van der Waals surface area (Å²) in [5.74, 6) is 0. The van der Waals surface area contributed by atoms with Crippen LogP contribution in [-0.4, -0.2) is 15.8 Å². The number of para-hydroxylation sites is 4. The van der Waals surface area contributed by atoms with E-state index in [9.17, 15) is 0 Å². The first kappa shape index (κ1) is 71.1. The van der Waals surface area contributed by atoms with Crippen molar-refractivity contribution < 1.29 is 4.42 Å². The van der Waals surface area contributed by atoms with Crippen molar-refractivity contribution in [2.75, 3.05) is 9.80 Å². The zero-order valence-electron chi connectivity index (χ0n) is 68.9. The van der Waals surface area contributed by atoms with Crippen LogP contribution in [0.4, 0.5) is 34.1 Å². The number of fused-ring (bicyclic) bond motifs is 26. The summed E-state index contributed by atoms with van der Waals surface area (Å²) in [4.78, 5) is 5.54. The van der Waals surface area contributed by atoms with Crippen LogP contribution in [0.25, 0.3) is 166 Å². The molecular weight excluding hydrogens is 1450 g/mol. The molecule has 20 aromatic rings. The fraction of sp³-hybridized carbons (Fsp3) is 0.105. The van der Waals surface area contributed by atoms with Crippen LogP contribution in [-0.2, 0) is 16.2 Å². The highest BCUT2D eigenvalue weighted by Gasteiger charge is 2.47. The largest absolute Gasteiger partial charge is 0.456 e. The van der Waals surface area contributed by atoms with Crippen molar-refractivity contribution in [3.05, 3.63) is 381 Å². The minimum atomic E-state index is -0.405. The first-order valence-electron chi connectivity index (χ1n) is 42.3. The third-order valence-electron chi connectivity index (χ3n) is 26.0. The summed E-state index contributed by atoms with van der Waals surface area (Å²) in [5, 5.41) is 7.01. The van der Waals surface area contributed by atoms with E-state index in [-0.39, 0.29) is 17.5 Å². The summed E-state index contributed by atoms with van der Waals surface area (Å²) >= 11 is 0. The van der Waals surface area contributed by atoms with Crippen molar-refractivity contribution >= 4 is 123 Å². The highest BCUT2D eigenvalue weighted by molar-refractivity contribution is 7.00. The second-order valence-electron chi connectivity index (χ2n) is 36.4. The van der Waals surface area contributed by atoms with Crippen molar-refractivity contribution in [3.8, 4) is 100 Å². The van der Waals surface area contributed by atoms with Gasteiger partial charge in [0.15, 0.2) is 0 Å². The molecule has 120 heavy (non-hydrogen) atoms. The van der Waals surface area contributed by atoms with Crippen molar-refractivity contribution in [2.45, 2.75) is 78.6 Å². The lowest BCUT2D eigenvalue weighted by atomic mass is 9.33. The van der Waals surface area contributed by atoms with Crippen LogP contribution < -0.4 is 26.2 Å². The Morgan fingerprint density at radius 2 is 0.517 bits per heavy atom. The first-order valence-corrected chi connectivity index (χ1v) is 42.3. The van der Waals surface area contributed by atoms with Gasteiger partial charge in [-0.05, 0) is 250 Å². The molecule has 0 spiro atoms. The summed E-state index contributed by atoms with van der Waals surface area (Å²) in [6.07, 6.45) is 0. The quantitative estimate of drug-likeness (QED) is 0.155. The molecule has 0 atom stereocenters. The van der Waals surface area contributed by atoms with E-state index in [2.05, 4.69) is 445 Å². The van der Waals surface area contributed by atoms with E-state index in [0.29, 0.717) is 0 Å². The molecule has 0 saturated heterocycles. The lowest BCUT2D eigenvalue weighted by molar-refractivity contribution is 0.590. The molecule has 572 valence electrons. The Bertz CT molecular complexity index is 7130. The van der Waals surface area contributed by atoms with E-state index in [0.717, 1.165) is 179 Å². The zero-order chi connectivity index (χ0) is 80.8. The normalized spacial score (nSPS) is 13.0. The van der Waals surface area contributed by atoms with Gasteiger partial charge in [0.25, 0.3) is 6.71 Å². The average molecular weight is 1540 g/mol. The third kappa shape index (κ3) is 11.3. The van der Waals surface area contributed by atoms with Crippen LogP contribution in [0.5, 0.6) is 0 Å². The Kier molecular flexibility index (Phi) is 15.8. The van der Waals surface area contributed by atoms with Crippen LogP contribution >= 0.6 is 0 Å². The lowest BCUT2D eigenvalue weighted by Crippen LogP contribution is -2.61. The predicted octanol–water partition coefficient (Wildman–Crippen LogP) is 29.4. The summed E-state index contributed by atoms with van der Waals surface area (Å²) in [6, 6.07) is 139. The molecule has 0 aliphatic carbocycles. The van der Waals surface area contributed by atoms with Gasteiger partial charge in [-0.3, -0.25) is 0 Å². The number of hydrogen-bond donors (Lipinski definition) is 0. The van der Waals surface area contributed by atoms with Gasteiger partial charge in [-0.25, -0.2) is 0 Å². The molecular formula is C114H87BN4O. The van der Waals surface area contributed by atoms with Crippen molar-refractivity contribution in [2.24, 2.45) is 0 Å². The topological polar surface area (TPSA) is 29.5 Å². The van der Waals surface area contributed by atoms with Gasteiger partial charge >= 0.3 is 0 Å². The monoisotopic (exact) mass is 1540 g/mol. The van der Waals surface area contributed by atoms with E-state index in [1.165, 1.54) is 54.6 Å². The molecule has 0 amide bonds. The fourth-order valence-electron chi connectivity index (χ4n) is 19.9. The maximum atomic E-state index is 6.88. The molecule has 17 aromatic carbocycles. The fourth-order valence-corrected chi connectivity index (χ4v) is 19.9. The number of anilines is 6. The molecule has 23 rings (SSSR count). The molecule has 3 aliphatic rings. The third-order valence-corrected chi connectivity index (χ3v) is 26.0. The smallest absolute Gasteiger partial charge is 0.252 e. The highest BCUT2D eigenvalue weighted by Crippen LogP contribution is 2.57. The van der Waals surface area contributed by atoms with E-state index in [4.69, 9.17) is 4.42 Å². The molecule has 6 heterocycles. The molecule has 5 nitrogen and oxygen atoms in total. The van der Waals surface area contributed by atoms with Crippen molar-refractivity contribution in [3.63, 3.8) is 0 Å².